The largest absolute Gasteiger partial charge is 0.322 e. The van der Waals surface area contributed by atoms with Gasteiger partial charge in [0, 0.05) is 17.8 Å². The van der Waals surface area contributed by atoms with Crippen molar-refractivity contribution in [3.8, 4) is 0 Å². The molecule has 0 saturated heterocycles. The van der Waals surface area contributed by atoms with Gasteiger partial charge in [-0.15, -0.1) is 0 Å². The van der Waals surface area contributed by atoms with Crippen LogP contribution in [0.1, 0.15) is 27.9 Å². The van der Waals surface area contributed by atoms with E-state index in [0.717, 1.165) is 24.0 Å². The van der Waals surface area contributed by atoms with Crippen molar-refractivity contribution in [2.24, 2.45) is 0 Å². The number of amides is 1. The molecule has 0 fully saturated rings. The third kappa shape index (κ3) is 3.89. The van der Waals surface area contributed by atoms with Gasteiger partial charge in [-0.25, -0.2) is 8.42 Å². The van der Waals surface area contributed by atoms with E-state index in [1.54, 1.807) is 48.5 Å². The summed E-state index contributed by atoms with van der Waals surface area (Å²) in [6, 6.07) is 21.3. The summed E-state index contributed by atoms with van der Waals surface area (Å²) in [4.78, 5) is 12.8. The highest BCUT2D eigenvalue weighted by molar-refractivity contribution is 7.92. The van der Waals surface area contributed by atoms with Crippen molar-refractivity contribution in [1.29, 1.82) is 0 Å². The summed E-state index contributed by atoms with van der Waals surface area (Å²) in [5, 5.41) is 2.91. The first-order valence-corrected chi connectivity index (χ1v) is 11.0. The zero-order valence-electron chi connectivity index (χ0n) is 16.1. The van der Waals surface area contributed by atoms with Gasteiger partial charge in [0.1, 0.15) is 0 Å². The van der Waals surface area contributed by atoms with Crippen LogP contribution in [0.3, 0.4) is 0 Å². The molecule has 0 radical (unpaired) electrons. The molecule has 1 amide bonds. The number of anilines is 2. The Bertz CT molecular complexity index is 1160. The van der Waals surface area contributed by atoms with Gasteiger partial charge in [-0.3, -0.25) is 9.10 Å². The van der Waals surface area contributed by atoms with E-state index in [2.05, 4.69) is 5.32 Å². The van der Waals surface area contributed by atoms with Crippen LogP contribution < -0.4 is 9.62 Å². The van der Waals surface area contributed by atoms with Gasteiger partial charge in [0.2, 0.25) is 0 Å². The van der Waals surface area contributed by atoms with Crippen LogP contribution in [0.5, 0.6) is 0 Å². The number of aryl methyl sites for hydroxylation is 2. The number of benzene rings is 3. The molecule has 4 rings (SSSR count). The zero-order valence-corrected chi connectivity index (χ0v) is 16.9. The Morgan fingerprint density at radius 1 is 0.966 bits per heavy atom. The molecule has 3 aromatic rings. The number of nitrogens with zero attached hydrogens (tertiary/aromatic N) is 1. The first-order chi connectivity index (χ1) is 13.9. The summed E-state index contributed by atoms with van der Waals surface area (Å²) in [5.74, 6) is -0.182. The first kappa shape index (κ1) is 19.2. The summed E-state index contributed by atoms with van der Waals surface area (Å²) < 4.78 is 27.6. The Hall–Kier alpha value is -3.12. The maximum atomic E-state index is 13.1. The summed E-state index contributed by atoms with van der Waals surface area (Å²) in [7, 11) is -3.61. The number of hydrogen-bond donors (Lipinski definition) is 1. The van der Waals surface area contributed by atoms with Gasteiger partial charge in [0.25, 0.3) is 15.9 Å². The molecule has 1 aliphatic heterocycles. The molecule has 5 nitrogen and oxygen atoms in total. The molecule has 0 saturated carbocycles. The summed E-state index contributed by atoms with van der Waals surface area (Å²) >= 11 is 0. The quantitative estimate of drug-likeness (QED) is 0.699. The van der Waals surface area contributed by atoms with Gasteiger partial charge < -0.3 is 5.32 Å². The molecule has 148 valence electrons. The standard InChI is InChI=1S/C23H22N2O3S/c1-17-7-5-8-19(15-17)23(26)24-20-12-13-22-18(16-20)9-6-14-25(22)29(27,28)21-10-3-2-4-11-21/h2-5,7-8,10-13,15-16H,6,9,14H2,1H3,(H,24,26). The molecule has 29 heavy (non-hydrogen) atoms. The number of sulfonamides is 1. The molecule has 3 aromatic carbocycles. The second kappa shape index (κ2) is 7.72. The van der Waals surface area contributed by atoms with Crippen LogP contribution in [0, 0.1) is 6.92 Å². The summed E-state index contributed by atoms with van der Waals surface area (Å²) in [6.07, 6.45) is 1.50. The second-order valence-corrected chi connectivity index (χ2v) is 9.02. The molecular formula is C23H22N2O3S. The van der Waals surface area contributed by atoms with Gasteiger partial charge in [0.05, 0.1) is 10.6 Å². The number of rotatable bonds is 4. The molecule has 0 atom stereocenters. The van der Waals surface area contributed by atoms with E-state index in [-0.39, 0.29) is 10.8 Å². The van der Waals surface area contributed by atoms with Crippen molar-refractivity contribution in [1.82, 2.24) is 0 Å². The molecule has 6 heteroatoms. The lowest BCUT2D eigenvalue weighted by atomic mass is 10.0. The lowest BCUT2D eigenvalue weighted by molar-refractivity contribution is 0.102. The molecule has 1 N–H and O–H groups in total. The fraction of sp³-hybridized carbons (Fsp3) is 0.174. The van der Waals surface area contributed by atoms with Crippen molar-refractivity contribution in [2.75, 3.05) is 16.2 Å². The lowest BCUT2D eigenvalue weighted by Gasteiger charge is -2.30. The minimum Gasteiger partial charge on any atom is -0.322 e. The highest BCUT2D eigenvalue weighted by Gasteiger charge is 2.29. The van der Waals surface area contributed by atoms with Gasteiger partial charge >= 0.3 is 0 Å². The molecule has 1 aliphatic rings. The van der Waals surface area contributed by atoms with Crippen molar-refractivity contribution < 1.29 is 13.2 Å². The SMILES string of the molecule is Cc1cccc(C(=O)Nc2ccc3c(c2)CCCN3S(=O)(=O)c2ccccc2)c1. The van der Waals surface area contributed by atoms with E-state index < -0.39 is 10.0 Å². The van der Waals surface area contributed by atoms with Gasteiger partial charge in [0.15, 0.2) is 0 Å². The summed E-state index contributed by atoms with van der Waals surface area (Å²) in [6.45, 7) is 2.39. The van der Waals surface area contributed by atoms with E-state index in [1.165, 1.54) is 4.31 Å². The van der Waals surface area contributed by atoms with Gasteiger partial charge in [-0.1, -0.05) is 35.9 Å². The van der Waals surface area contributed by atoms with E-state index in [4.69, 9.17) is 0 Å². The van der Waals surface area contributed by atoms with Crippen LogP contribution in [0.2, 0.25) is 0 Å². The molecule has 0 unspecified atom stereocenters. The number of carbonyl (C=O) groups is 1. The van der Waals surface area contributed by atoms with E-state index in [9.17, 15) is 13.2 Å². The van der Waals surface area contributed by atoms with Crippen LogP contribution in [-0.2, 0) is 16.4 Å². The third-order valence-corrected chi connectivity index (χ3v) is 6.85. The smallest absolute Gasteiger partial charge is 0.264 e. The Morgan fingerprint density at radius 3 is 2.52 bits per heavy atom. The number of nitrogens with one attached hydrogen (secondary N) is 1. The first-order valence-electron chi connectivity index (χ1n) is 9.54. The molecule has 1 heterocycles. The summed E-state index contributed by atoms with van der Waals surface area (Å²) in [5.41, 5.74) is 3.86. The van der Waals surface area contributed by atoms with Crippen LogP contribution in [0.4, 0.5) is 11.4 Å². The van der Waals surface area contributed by atoms with Crippen molar-refractivity contribution in [3.05, 3.63) is 89.5 Å². The number of fused-ring (bicyclic) bond motifs is 1. The minimum absolute atomic E-state index is 0.182. The number of hydrogen-bond acceptors (Lipinski definition) is 3. The minimum atomic E-state index is -3.61. The predicted molar refractivity (Wildman–Crippen MR) is 115 cm³/mol. The predicted octanol–water partition coefficient (Wildman–Crippen LogP) is 4.39. The molecule has 0 aliphatic carbocycles. The molecule has 0 bridgehead atoms. The number of carbonyl (C=O) groups excluding carboxylic acids is 1. The van der Waals surface area contributed by atoms with Crippen LogP contribution in [0.25, 0.3) is 0 Å². The van der Waals surface area contributed by atoms with Crippen LogP contribution >= 0.6 is 0 Å². The lowest BCUT2D eigenvalue weighted by Crippen LogP contribution is -2.35. The molecule has 0 aromatic heterocycles. The van der Waals surface area contributed by atoms with E-state index in [1.807, 2.05) is 31.2 Å². The van der Waals surface area contributed by atoms with Crippen LogP contribution in [-0.4, -0.2) is 20.9 Å². The van der Waals surface area contributed by atoms with Gasteiger partial charge in [-0.2, -0.15) is 0 Å². The van der Waals surface area contributed by atoms with E-state index in [0.29, 0.717) is 23.5 Å². The average Bonchev–Trinajstić information content (AvgIpc) is 2.73. The van der Waals surface area contributed by atoms with Crippen molar-refractivity contribution in [2.45, 2.75) is 24.7 Å². The fourth-order valence-electron chi connectivity index (χ4n) is 3.60. The van der Waals surface area contributed by atoms with E-state index >= 15 is 0 Å². The maximum absolute atomic E-state index is 13.1. The average molecular weight is 407 g/mol. The Kier molecular flexibility index (Phi) is 5.11. The molecule has 0 spiro atoms. The van der Waals surface area contributed by atoms with Gasteiger partial charge in [-0.05, 0) is 67.8 Å². The monoisotopic (exact) mass is 406 g/mol. The Morgan fingerprint density at radius 2 is 1.76 bits per heavy atom. The van der Waals surface area contributed by atoms with Crippen molar-refractivity contribution in [3.63, 3.8) is 0 Å². The Labute approximate surface area is 171 Å². The normalized spacial score (nSPS) is 13.6. The highest BCUT2D eigenvalue weighted by Crippen LogP contribution is 2.33. The zero-order chi connectivity index (χ0) is 20.4. The third-order valence-electron chi connectivity index (χ3n) is 5.02. The second-order valence-electron chi connectivity index (χ2n) is 7.16. The highest BCUT2D eigenvalue weighted by atomic mass is 32.2. The topological polar surface area (TPSA) is 66.5 Å². The Balaban J connectivity index is 1.61. The fourth-order valence-corrected chi connectivity index (χ4v) is 5.16. The maximum Gasteiger partial charge on any atom is 0.264 e. The van der Waals surface area contributed by atoms with Crippen LogP contribution in [0.15, 0.2) is 77.7 Å². The molecular weight excluding hydrogens is 384 g/mol. The van der Waals surface area contributed by atoms with Crippen molar-refractivity contribution >= 4 is 27.3 Å².